The number of rotatable bonds is 3. The lowest BCUT2D eigenvalue weighted by atomic mass is 9.74. The van der Waals surface area contributed by atoms with Crippen LogP contribution in [0.5, 0.6) is 0 Å². The molecule has 1 heterocycles. The summed E-state index contributed by atoms with van der Waals surface area (Å²) in [5, 5.41) is 0. The summed E-state index contributed by atoms with van der Waals surface area (Å²) >= 11 is 6.12. The molecule has 1 aromatic heterocycles. The minimum Gasteiger partial charge on any atom is -0.321 e. The van der Waals surface area contributed by atoms with Gasteiger partial charge in [0.2, 0.25) is 0 Å². The van der Waals surface area contributed by atoms with Gasteiger partial charge in [-0.3, -0.25) is 0 Å². The van der Waals surface area contributed by atoms with E-state index in [1.807, 2.05) is 0 Å². The molecule has 1 saturated carbocycles. The van der Waals surface area contributed by atoms with Crippen molar-refractivity contribution in [3.05, 3.63) is 29.6 Å². The Bertz CT molecular complexity index is 576. The molecular weight excluding hydrogens is 244 g/mol. The number of nitrogens with zero attached hydrogens (tertiary/aromatic N) is 2. The number of para-hydroxylation sites is 1. The Morgan fingerprint density at radius 3 is 2.72 bits per heavy atom. The highest BCUT2D eigenvalue weighted by atomic mass is 35.5. The molecule has 1 aliphatic carbocycles. The summed E-state index contributed by atoms with van der Waals surface area (Å²) in [6.45, 7) is 4.45. The summed E-state index contributed by atoms with van der Waals surface area (Å²) in [5.41, 5.74) is 3.95. The Balaban J connectivity index is 2.31. The van der Waals surface area contributed by atoms with Crippen molar-refractivity contribution >= 4 is 22.6 Å². The Morgan fingerprint density at radius 2 is 2.17 bits per heavy atom. The van der Waals surface area contributed by atoms with Crippen LogP contribution in [0.15, 0.2) is 18.2 Å². The van der Waals surface area contributed by atoms with E-state index in [4.69, 9.17) is 16.6 Å². The number of halogens is 1. The number of aryl methyl sites for hydroxylation is 1. The second kappa shape index (κ2) is 4.27. The first-order chi connectivity index (χ1) is 8.72. The van der Waals surface area contributed by atoms with Crippen molar-refractivity contribution in [1.29, 1.82) is 0 Å². The molecule has 3 heteroatoms. The quantitative estimate of drug-likeness (QED) is 0.751. The van der Waals surface area contributed by atoms with Gasteiger partial charge in [-0.05, 0) is 44.2 Å². The van der Waals surface area contributed by atoms with Crippen LogP contribution in [0.1, 0.15) is 44.0 Å². The second-order valence-electron chi connectivity index (χ2n) is 5.37. The molecule has 0 atom stereocenters. The van der Waals surface area contributed by atoms with Gasteiger partial charge in [-0.1, -0.05) is 19.1 Å². The van der Waals surface area contributed by atoms with Crippen LogP contribution in [0.4, 0.5) is 0 Å². The van der Waals surface area contributed by atoms with Crippen LogP contribution in [0.2, 0.25) is 0 Å². The average Bonchev–Trinajstić information content (AvgIpc) is 2.69. The molecule has 1 aromatic carbocycles. The van der Waals surface area contributed by atoms with Gasteiger partial charge in [0.25, 0.3) is 0 Å². The number of hydrogen-bond donors (Lipinski definition) is 0. The SMILES string of the molecule is CCC1(n2c(CCl)nc3cccc(C)c32)CCC1. The molecule has 18 heavy (non-hydrogen) atoms. The van der Waals surface area contributed by atoms with Crippen molar-refractivity contribution in [2.75, 3.05) is 0 Å². The van der Waals surface area contributed by atoms with Crippen LogP contribution in [-0.2, 0) is 11.4 Å². The molecule has 0 spiro atoms. The lowest BCUT2D eigenvalue weighted by Crippen LogP contribution is -2.40. The first-order valence-corrected chi connectivity index (χ1v) is 7.29. The third-order valence-corrected chi connectivity index (χ3v) is 4.72. The third kappa shape index (κ3) is 1.51. The maximum atomic E-state index is 6.12. The number of imidazole rings is 1. The topological polar surface area (TPSA) is 17.8 Å². The van der Waals surface area contributed by atoms with Crippen LogP contribution in [0.25, 0.3) is 11.0 Å². The Kier molecular flexibility index (Phi) is 2.86. The third-order valence-electron chi connectivity index (χ3n) is 4.48. The van der Waals surface area contributed by atoms with Gasteiger partial charge >= 0.3 is 0 Å². The van der Waals surface area contributed by atoms with Gasteiger partial charge in [0.1, 0.15) is 5.82 Å². The minimum absolute atomic E-state index is 0.269. The summed E-state index contributed by atoms with van der Waals surface area (Å²) in [6.07, 6.45) is 5.00. The summed E-state index contributed by atoms with van der Waals surface area (Å²) in [7, 11) is 0. The zero-order chi connectivity index (χ0) is 12.8. The molecular formula is C15H19ClN2. The van der Waals surface area contributed by atoms with Gasteiger partial charge in [-0.25, -0.2) is 4.98 Å². The Labute approximate surface area is 113 Å². The first-order valence-electron chi connectivity index (χ1n) is 6.75. The zero-order valence-electron chi connectivity index (χ0n) is 11.0. The number of benzene rings is 1. The fourth-order valence-corrected chi connectivity index (χ4v) is 3.44. The molecule has 96 valence electrons. The fourth-order valence-electron chi connectivity index (χ4n) is 3.26. The molecule has 1 fully saturated rings. The van der Waals surface area contributed by atoms with Crippen molar-refractivity contribution < 1.29 is 0 Å². The monoisotopic (exact) mass is 262 g/mol. The van der Waals surface area contributed by atoms with E-state index in [2.05, 4.69) is 36.6 Å². The number of aromatic nitrogens is 2. The lowest BCUT2D eigenvalue weighted by molar-refractivity contribution is 0.138. The van der Waals surface area contributed by atoms with Crippen molar-refractivity contribution in [2.45, 2.75) is 50.9 Å². The molecule has 0 saturated heterocycles. The van der Waals surface area contributed by atoms with Crippen LogP contribution in [0.3, 0.4) is 0 Å². The van der Waals surface area contributed by atoms with Gasteiger partial charge in [0.05, 0.1) is 16.9 Å². The largest absolute Gasteiger partial charge is 0.321 e. The number of alkyl halides is 1. The molecule has 0 amide bonds. The maximum Gasteiger partial charge on any atom is 0.125 e. The summed E-state index contributed by atoms with van der Waals surface area (Å²) in [5.74, 6) is 1.53. The zero-order valence-corrected chi connectivity index (χ0v) is 11.8. The van der Waals surface area contributed by atoms with Crippen LogP contribution < -0.4 is 0 Å². The molecule has 0 radical (unpaired) electrons. The Hall–Kier alpha value is -1.02. The van der Waals surface area contributed by atoms with Gasteiger partial charge in [0.15, 0.2) is 0 Å². The van der Waals surface area contributed by atoms with E-state index in [0.717, 1.165) is 17.8 Å². The first kappa shape index (κ1) is 12.0. The number of fused-ring (bicyclic) bond motifs is 1. The van der Waals surface area contributed by atoms with E-state index in [1.165, 1.54) is 30.3 Å². The highest BCUT2D eigenvalue weighted by Gasteiger charge is 2.39. The van der Waals surface area contributed by atoms with Crippen LogP contribution in [-0.4, -0.2) is 9.55 Å². The van der Waals surface area contributed by atoms with Crippen molar-refractivity contribution in [3.63, 3.8) is 0 Å². The maximum absolute atomic E-state index is 6.12. The van der Waals surface area contributed by atoms with Crippen molar-refractivity contribution in [3.8, 4) is 0 Å². The predicted octanol–water partition coefficient (Wildman–Crippen LogP) is 4.37. The lowest BCUT2D eigenvalue weighted by Gasteiger charge is -2.44. The highest BCUT2D eigenvalue weighted by molar-refractivity contribution is 6.16. The standard InChI is InChI=1S/C15H19ClN2/c1-3-15(8-5-9-15)18-13(10-16)17-12-7-4-6-11(2)14(12)18/h4,6-7H,3,5,8-10H2,1-2H3. The minimum atomic E-state index is 0.269. The molecule has 1 aliphatic rings. The smallest absolute Gasteiger partial charge is 0.125 e. The van der Waals surface area contributed by atoms with E-state index in [0.29, 0.717) is 5.88 Å². The predicted molar refractivity (Wildman–Crippen MR) is 76.1 cm³/mol. The van der Waals surface area contributed by atoms with Crippen LogP contribution >= 0.6 is 11.6 Å². The molecule has 0 aliphatic heterocycles. The van der Waals surface area contributed by atoms with E-state index < -0.39 is 0 Å². The molecule has 0 N–H and O–H groups in total. The normalized spacial score (nSPS) is 17.9. The molecule has 2 aromatic rings. The summed E-state index contributed by atoms with van der Waals surface area (Å²) in [4.78, 5) is 4.72. The highest BCUT2D eigenvalue weighted by Crippen LogP contribution is 2.45. The van der Waals surface area contributed by atoms with Gasteiger partial charge in [-0.15, -0.1) is 11.6 Å². The number of hydrogen-bond acceptors (Lipinski definition) is 1. The summed E-state index contributed by atoms with van der Waals surface area (Å²) < 4.78 is 2.44. The van der Waals surface area contributed by atoms with Crippen molar-refractivity contribution in [1.82, 2.24) is 9.55 Å². The van der Waals surface area contributed by atoms with Gasteiger partial charge < -0.3 is 4.57 Å². The summed E-state index contributed by atoms with van der Waals surface area (Å²) in [6, 6.07) is 6.34. The fraction of sp³-hybridized carbons (Fsp3) is 0.533. The molecule has 3 rings (SSSR count). The van der Waals surface area contributed by atoms with E-state index >= 15 is 0 Å². The Morgan fingerprint density at radius 1 is 1.39 bits per heavy atom. The van der Waals surface area contributed by atoms with E-state index in [-0.39, 0.29) is 5.54 Å². The van der Waals surface area contributed by atoms with Gasteiger partial charge in [-0.2, -0.15) is 0 Å². The van der Waals surface area contributed by atoms with E-state index in [1.54, 1.807) is 0 Å². The van der Waals surface area contributed by atoms with E-state index in [9.17, 15) is 0 Å². The van der Waals surface area contributed by atoms with Crippen LogP contribution in [0, 0.1) is 6.92 Å². The van der Waals surface area contributed by atoms with Gasteiger partial charge in [0, 0.05) is 5.54 Å². The average molecular weight is 263 g/mol. The van der Waals surface area contributed by atoms with Crippen molar-refractivity contribution in [2.24, 2.45) is 0 Å². The second-order valence-corrected chi connectivity index (χ2v) is 5.64. The molecule has 0 bridgehead atoms. The molecule has 0 unspecified atom stereocenters. The molecule has 2 nitrogen and oxygen atoms in total.